The van der Waals surface area contributed by atoms with Crippen LogP contribution in [0.25, 0.3) is 0 Å². The highest BCUT2D eigenvalue weighted by molar-refractivity contribution is 5.78. The van der Waals surface area contributed by atoms with Crippen LogP contribution in [-0.2, 0) is 4.79 Å². The van der Waals surface area contributed by atoms with Crippen molar-refractivity contribution in [2.75, 3.05) is 6.54 Å². The summed E-state index contributed by atoms with van der Waals surface area (Å²) in [4.78, 5) is 14.0. The van der Waals surface area contributed by atoms with Gasteiger partial charge in [0.15, 0.2) is 0 Å². The largest absolute Gasteiger partial charge is 0.480 e. The molecule has 2 fully saturated rings. The minimum absolute atomic E-state index is 0.468. The van der Waals surface area contributed by atoms with Crippen molar-refractivity contribution < 1.29 is 9.90 Å². The number of nitrogens with zero attached hydrogens (tertiary/aromatic N) is 1. The van der Waals surface area contributed by atoms with Gasteiger partial charge in [-0.3, -0.25) is 9.69 Å². The molecule has 0 aromatic rings. The molecule has 1 saturated carbocycles. The second kappa shape index (κ2) is 5.20. The van der Waals surface area contributed by atoms with E-state index >= 15 is 0 Å². The average molecular weight is 253 g/mol. The molecular formula is C15H27NO2. The van der Waals surface area contributed by atoms with Crippen LogP contribution in [0.5, 0.6) is 0 Å². The molecule has 0 aromatic carbocycles. The van der Waals surface area contributed by atoms with Gasteiger partial charge in [-0.1, -0.05) is 26.7 Å². The van der Waals surface area contributed by atoms with Crippen molar-refractivity contribution in [2.45, 2.75) is 70.9 Å². The first-order valence-electron chi connectivity index (χ1n) is 7.47. The van der Waals surface area contributed by atoms with Crippen molar-refractivity contribution in [3.63, 3.8) is 0 Å². The smallest absolute Gasteiger partial charge is 0.323 e. The Balaban J connectivity index is 2.20. The van der Waals surface area contributed by atoms with E-state index in [1.807, 2.05) is 6.92 Å². The molecule has 4 atom stereocenters. The monoisotopic (exact) mass is 253 g/mol. The van der Waals surface area contributed by atoms with Crippen molar-refractivity contribution in [1.82, 2.24) is 4.90 Å². The Morgan fingerprint density at radius 3 is 2.61 bits per heavy atom. The van der Waals surface area contributed by atoms with Crippen LogP contribution in [0.3, 0.4) is 0 Å². The number of rotatable bonds is 2. The summed E-state index contributed by atoms with van der Waals surface area (Å²) in [6, 6.07) is 0.468. The van der Waals surface area contributed by atoms with Gasteiger partial charge in [-0.15, -0.1) is 0 Å². The van der Waals surface area contributed by atoms with Crippen LogP contribution in [0.15, 0.2) is 0 Å². The number of carbonyl (C=O) groups is 1. The van der Waals surface area contributed by atoms with Gasteiger partial charge in [-0.05, 0) is 51.0 Å². The number of aliphatic carboxylic acids is 1. The first-order valence-corrected chi connectivity index (χ1v) is 7.47. The number of carboxylic acids is 1. The van der Waals surface area contributed by atoms with Crippen LogP contribution in [0.1, 0.15) is 59.3 Å². The van der Waals surface area contributed by atoms with Crippen LogP contribution in [0.2, 0.25) is 0 Å². The molecule has 1 heterocycles. The summed E-state index contributed by atoms with van der Waals surface area (Å²) in [6.07, 6.45) is 6.74. The van der Waals surface area contributed by atoms with Crippen LogP contribution >= 0.6 is 0 Å². The zero-order valence-electron chi connectivity index (χ0n) is 12.0. The summed E-state index contributed by atoms with van der Waals surface area (Å²) in [5.41, 5.74) is -0.631. The molecule has 4 unspecified atom stereocenters. The lowest BCUT2D eigenvalue weighted by Crippen LogP contribution is -2.61. The van der Waals surface area contributed by atoms with E-state index in [0.29, 0.717) is 12.0 Å². The zero-order valence-corrected chi connectivity index (χ0v) is 12.0. The quantitative estimate of drug-likeness (QED) is 0.822. The second-order valence-electron chi connectivity index (χ2n) is 6.56. The average Bonchev–Trinajstić information content (AvgIpc) is 2.34. The van der Waals surface area contributed by atoms with Gasteiger partial charge in [0.2, 0.25) is 0 Å². The van der Waals surface area contributed by atoms with E-state index in [4.69, 9.17) is 0 Å². The molecule has 3 nitrogen and oxygen atoms in total. The Morgan fingerprint density at radius 1 is 1.22 bits per heavy atom. The Bertz CT molecular complexity index is 318. The fraction of sp³-hybridized carbons (Fsp3) is 0.933. The van der Waals surface area contributed by atoms with Crippen molar-refractivity contribution in [3.8, 4) is 0 Å². The molecule has 1 aliphatic carbocycles. The van der Waals surface area contributed by atoms with Crippen LogP contribution in [-0.4, -0.2) is 34.1 Å². The maximum atomic E-state index is 11.7. The lowest BCUT2D eigenvalue weighted by molar-refractivity contribution is -0.157. The standard InChI is InChI=1S/C15H27NO2/c1-11-7-6-8-13(12(11)2)16-10-5-4-9-15(16,3)14(17)18/h11-13H,4-10H2,1-3H3,(H,17,18). The molecule has 1 saturated heterocycles. The number of hydrogen-bond acceptors (Lipinski definition) is 2. The van der Waals surface area contributed by atoms with E-state index in [9.17, 15) is 9.90 Å². The number of hydrogen-bond donors (Lipinski definition) is 1. The first kappa shape index (κ1) is 13.9. The molecule has 2 rings (SSSR count). The van der Waals surface area contributed by atoms with E-state index in [1.165, 1.54) is 19.3 Å². The zero-order chi connectivity index (χ0) is 13.3. The van der Waals surface area contributed by atoms with E-state index in [2.05, 4.69) is 18.7 Å². The molecule has 1 aliphatic heterocycles. The summed E-state index contributed by atoms with van der Waals surface area (Å²) in [6.45, 7) is 7.52. The predicted molar refractivity (Wildman–Crippen MR) is 72.6 cm³/mol. The van der Waals surface area contributed by atoms with Crippen molar-refractivity contribution in [3.05, 3.63) is 0 Å². The van der Waals surface area contributed by atoms with Gasteiger partial charge >= 0.3 is 5.97 Å². The van der Waals surface area contributed by atoms with Gasteiger partial charge in [0.25, 0.3) is 0 Å². The molecule has 104 valence electrons. The van der Waals surface area contributed by atoms with Gasteiger partial charge in [-0.2, -0.15) is 0 Å². The summed E-state index contributed by atoms with van der Waals surface area (Å²) in [5.74, 6) is 0.715. The van der Waals surface area contributed by atoms with Crippen molar-refractivity contribution in [2.24, 2.45) is 11.8 Å². The second-order valence-corrected chi connectivity index (χ2v) is 6.56. The SMILES string of the molecule is CC1CCCC(N2CCCCC2(C)C(=O)O)C1C. The molecule has 18 heavy (non-hydrogen) atoms. The molecule has 0 aromatic heterocycles. The van der Waals surface area contributed by atoms with Crippen molar-refractivity contribution in [1.29, 1.82) is 0 Å². The van der Waals surface area contributed by atoms with Crippen molar-refractivity contribution >= 4 is 5.97 Å². The number of carboxylic acid groups (broad SMARTS) is 1. The van der Waals surface area contributed by atoms with Crippen LogP contribution < -0.4 is 0 Å². The third-order valence-corrected chi connectivity index (χ3v) is 5.47. The number of piperidine rings is 1. The van der Waals surface area contributed by atoms with E-state index in [0.717, 1.165) is 31.7 Å². The van der Waals surface area contributed by atoms with Gasteiger partial charge < -0.3 is 5.11 Å². The molecular weight excluding hydrogens is 226 g/mol. The summed E-state index contributed by atoms with van der Waals surface area (Å²) < 4.78 is 0. The highest BCUT2D eigenvalue weighted by Gasteiger charge is 2.46. The van der Waals surface area contributed by atoms with E-state index < -0.39 is 11.5 Å². The Labute approximate surface area is 111 Å². The van der Waals surface area contributed by atoms with Gasteiger partial charge in [0.1, 0.15) is 5.54 Å². The van der Waals surface area contributed by atoms with Crippen LogP contribution in [0.4, 0.5) is 0 Å². The lowest BCUT2D eigenvalue weighted by Gasteiger charge is -2.50. The Hall–Kier alpha value is -0.570. The van der Waals surface area contributed by atoms with Gasteiger partial charge in [0, 0.05) is 6.04 Å². The molecule has 0 spiro atoms. The summed E-state index contributed by atoms with van der Waals surface area (Å²) in [5, 5.41) is 9.61. The highest BCUT2D eigenvalue weighted by atomic mass is 16.4. The Morgan fingerprint density at radius 2 is 1.94 bits per heavy atom. The molecule has 0 radical (unpaired) electrons. The predicted octanol–water partition coefficient (Wildman–Crippen LogP) is 3.14. The fourth-order valence-electron chi connectivity index (χ4n) is 3.90. The molecule has 1 N–H and O–H groups in total. The summed E-state index contributed by atoms with van der Waals surface area (Å²) in [7, 11) is 0. The molecule has 0 amide bonds. The normalized spacial score (nSPS) is 42.7. The fourth-order valence-corrected chi connectivity index (χ4v) is 3.90. The topological polar surface area (TPSA) is 40.5 Å². The minimum Gasteiger partial charge on any atom is -0.480 e. The van der Waals surface area contributed by atoms with Gasteiger partial charge in [-0.25, -0.2) is 0 Å². The Kier molecular flexibility index (Phi) is 4.00. The molecule has 3 heteroatoms. The number of likely N-dealkylation sites (tertiary alicyclic amines) is 1. The van der Waals surface area contributed by atoms with Crippen LogP contribution in [0, 0.1) is 11.8 Å². The highest BCUT2D eigenvalue weighted by Crippen LogP contribution is 2.39. The van der Waals surface area contributed by atoms with E-state index in [-0.39, 0.29) is 0 Å². The maximum Gasteiger partial charge on any atom is 0.323 e. The molecule has 2 aliphatic rings. The minimum atomic E-state index is -0.632. The third-order valence-electron chi connectivity index (χ3n) is 5.47. The van der Waals surface area contributed by atoms with E-state index in [1.54, 1.807) is 0 Å². The lowest BCUT2D eigenvalue weighted by atomic mass is 9.74. The molecule has 0 bridgehead atoms. The van der Waals surface area contributed by atoms with Gasteiger partial charge in [0.05, 0.1) is 0 Å². The third kappa shape index (κ3) is 2.29. The first-order chi connectivity index (χ1) is 8.47. The summed E-state index contributed by atoms with van der Waals surface area (Å²) >= 11 is 0. The maximum absolute atomic E-state index is 11.7.